The lowest BCUT2D eigenvalue weighted by Gasteiger charge is -2.18. The third-order valence-electron chi connectivity index (χ3n) is 3.70. The average molecular weight is 271 g/mol. The molecule has 0 aliphatic rings. The quantitative estimate of drug-likeness (QED) is 0.877. The minimum absolute atomic E-state index is 0.0237. The molecule has 0 saturated heterocycles. The smallest absolute Gasteiger partial charge is 0.269 e. The highest BCUT2D eigenvalue weighted by atomic mass is 16.1. The third kappa shape index (κ3) is 3.33. The van der Waals surface area contributed by atoms with Crippen molar-refractivity contribution in [3.63, 3.8) is 0 Å². The minimum Gasteiger partial charge on any atom is -0.349 e. The molecular formula is C16H21N3O. The van der Waals surface area contributed by atoms with E-state index in [9.17, 15) is 4.79 Å². The second-order valence-corrected chi connectivity index (χ2v) is 5.15. The van der Waals surface area contributed by atoms with Crippen molar-refractivity contribution < 1.29 is 4.79 Å². The number of fused-ring (bicyclic) bond motifs is 1. The highest BCUT2D eigenvalue weighted by Gasteiger charge is 2.13. The van der Waals surface area contributed by atoms with Gasteiger partial charge in [-0.25, -0.2) is 4.98 Å². The summed E-state index contributed by atoms with van der Waals surface area (Å²) in [5.41, 5.74) is 7.27. The average Bonchev–Trinajstić information content (AvgIpc) is 2.50. The maximum absolute atomic E-state index is 12.1. The van der Waals surface area contributed by atoms with Gasteiger partial charge in [-0.15, -0.1) is 0 Å². The molecule has 0 aliphatic heterocycles. The van der Waals surface area contributed by atoms with E-state index in [1.165, 1.54) is 0 Å². The van der Waals surface area contributed by atoms with E-state index in [1.807, 2.05) is 30.3 Å². The van der Waals surface area contributed by atoms with Gasteiger partial charge in [-0.3, -0.25) is 4.79 Å². The van der Waals surface area contributed by atoms with Gasteiger partial charge in [0.05, 0.1) is 5.52 Å². The van der Waals surface area contributed by atoms with Crippen LogP contribution in [-0.2, 0) is 0 Å². The Hall–Kier alpha value is -1.94. The van der Waals surface area contributed by atoms with Crippen LogP contribution in [0.3, 0.4) is 0 Å². The summed E-state index contributed by atoms with van der Waals surface area (Å²) in [7, 11) is 0. The Labute approximate surface area is 119 Å². The van der Waals surface area contributed by atoms with Crippen LogP contribution in [0.4, 0.5) is 0 Å². The van der Waals surface area contributed by atoms with E-state index >= 15 is 0 Å². The summed E-state index contributed by atoms with van der Waals surface area (Å²) in [4.78, 5) is 16.4. The molecule has 1 aromatic carbocycles. The van der Waals surface area contributed by atoms with Crippen LogP contribution in [0.2, 0.25) is 0 Å². The number of carbonyl (C=O) groups is 1. The Morgan fingerprint density at radius 3 is 2.80 bits per heavy atom. The van der Waals surface area contributed by atoms with Gasteiger partial charge in [0.1, 0.15) is 5.69 Å². The van der Waals surface area contributed by atoms with Crippen LogP contribution in [0.1, 0.15) is 30.8 Å². The lowest BCUT2D eigenvalue weighted by Crippen LogP contribution is -2.41. The van der Waals surface area contributed by atoms with Crippen molar-refractivity contribution in [3.05, 3.63) is 42.1 Å². The Balaban J connectivity index is 2.04. The molecule has 0 saturated carbocycles. The maximum atomic E-state index is 12.1. The molecule has 3 N–H and O–H groups in total. The number of hydrogen-bond donors (Lipinski definition) is 2. The number of hydrogen-bond acceptors (Lipinski definition) is 3. The summed E-state index contributed by atoms with van der Waals surface area (Å²) in [6.45, 7) is 4.66. The molecular weight excluding hydrogens is 250 g/mol. The van der Waals surface area contributed by atoms with Crippen LogP contribution < -0.4 is 11.1 Å². The highest BCUT2D eigenvalue weighted by Crippen LogP contribution is 2.11. The molecule has 2 atom stereocenters. The van der Waals surface area contributed by atoms with Crippen LogP contribution in [0.5, 0.6) is 0 Å². The van der Waals surface area contributed by atoms with Gasteiger partial charge in [0, 0.05) is 18.0 Å². The monoisotopic (exact) mass is 271 g/mol. The summed E-state index contributed by atoms with van der Waals surface area (Å²) in [5.74, 6) is 0.217. The zero-order valence-electron chi connectivity index (χ0n) is 12.0. The fourth-order valence-electron chi connectivity index (χ4n) is 2.00. The predicted molar refractivity (Wildman–Crippen MR) is 81.5 cm³/mol. The van der Waals surface area contributed by atoms with Crippen molar-refractivity contribution in [3.8, 4) is 0 Å². The molecule has 1 unspecified atom stereocenters. The van der Waals surface area contributed by atoms with Gasteiger partial charge in [0.2, 0.25) is 0 Å². The predicted octanol–water partition coefficient (Wildman–Crippen LogP) is 2.34. The largest absolute Gasteiger partial charge is 0.349 e. The minimum atomic E-state index is -0.172. The number of nitrogens with two attached hydrogens (primary N) is 1. The molecule has 0 spiro atoms. The van der Waals surface area contributed by atoms with Gasteiger partial charge in [-0.05, 0) is 18.1 Å². The zero-order valence-corrected chi connectivity index (χ0v) is 12.0. The number of carbonyl (C=O) groups excluding carboxylic acids is 1. The van der Waals surface area contributed by atoms with E-state index in [0.717, 1.165) is 17.3 Å². The lowest BCUT2D eigenvalue weighted by atomic mass is 10.0. The molecule has 0 bridgehead atoms. The fraction of sp³-hybridized carbons (Fsp3) is 0.375. The Morgan fingerprint density at radius 1 is 1.30 bits per heavy atom. The number of benzene rings is 1. The van der Waals surface area contributed by atoms with Gasteiger partial charge in [-0.2, -0.15) is 0 Å². The summed E-state index contributed by atoms with van der Waals surface area (Å²) < 4.78 is 0. The first-order valence-corrected chi connectivity index (χ1v) is 7.01. The third-order valence-corrected chi connectivity index (χ3v) is 3.70. The zero-order chi connectivity index (χ0) is 14.5. The van der Waals surface area contributed by atoms with Crippen molar-refractivity contribution in [2.45, 2.75) is 26.3 Å². The standard InChI is InChI=1S/C16H21N3O/c1-3-11(2)13(17)10-18-16(20)15-9-8-12-6-4-5-7-14(12)19-15/h4-9,11,13H,3,10,17H2,1-2H3,(H,18,20)/t11?,13-/m1/s1. The molecule has 2 rings (SSSR count). The van der Waals surface area contributed by atoms with E-state index < -0.39 is 0 Å². The molecule has 0 aliphatic carbocycles. The summed E-state index contributed by atoms with van der Waals surface area (Å²) in [6.07, 6.45) is 1.01. The number of para-hydroxylation sites is 1. The molecule has 106 valence electrons. The molecule has 1 heterocycles. The molecule has 1 aromatic heterocycles. The van der Waals surface area contributed by atoms with Gasteiger partial charge in [-0.1, -0.05) is 44.5 Å². The van der Waals surface area contributed by atoms with Crippen LogP contribution in [0, 0.1) is 5.92 Å². The summed E-state index contributed by atoms with van der Waals surface area (Å²) in [6, 6.07) is 11.4. The van der Waals surface area contributed by atoms with Crippen molar-refractivity contribution in [2.24, 2.45) is 11.7 Å². The molecule has 0 fully saturated rings. The van der Waals surface area contributed by atoms with E-state index in [4.69, 9.17) is 5.73 Å². The van der Waals surface area contributed by atoms with Gasteiger partial charge >= 0.3 is 0 Å². The number of rotatable bonds is 5. The lowest BCUT2D eigenvalue weighted by molar-refractivity contribution is 0.0944. The second-order valence-electron chi connectivity index (χ2n) is 5.15. The highest BCUT2D eigenvalue weighted by molar-refractivity contribution is 5.94. The Bertz CT molecular complexity index is 597. The van der Waals surface area contributed by atoms with Crippen LogP contribution in [0.25, 0.3) is 10.9 Å². The molecule has 4 heteroatoms. The number of nitrogens with one attached hydrogen (secondary N) is 1. The molecule has 0 radical (unpaired) electrons. The van der Waals surface area contributed by atoms with Crippen molar-refractivity contribution in [1.82, 2.24) is 10.3 Å². The summed E-state index contributed by atoms with van der Waals surface area (Å²) in [5, 5.41) is 3.88. The summed E-state index contributed by atoms with van der Waals surface area (Å²) >= 11 is 0. The van der Waals surface area contributed by atoms with Crippen molar-refractivity contribution >= 4 is 16.8 Å². The fourth-order valence-corrected chi connectivity index (χ4v) is 2.00. The van der Waals surface area contributed by atoms with Gasteiger partial charge in [0.25, 0.3) is 5.91 Å². The Morgan fingerprint density at radius 2 is 2.05 bits per heavy atom. The van der Waals surface area contributed by atoms with Crippen molar-refractivity contribution in [1.29, 1.82) is 0 Å². The topological polar surface area (TPSA) is 68.0 Å². The van der Waals surface area contributed by atoms with Gasteiger partial charge < -0.3 is 11.1 Å². The number of nitrogens with zero attached hydrogens (tertiary/aromatic N) is 1. The van der Waals surface area contributed by atoms with E-state index in [2.05, 4.69) is 24.1 Å². The van der Waals surface area contributed by atoms with Crippen molar-refractivity contribution in [2.75, 3.05) is 6.54 Å². The SMILES string of the molecule is CCC(C)[C@H](N)CNC(=O)c1ccc2ccccc2n1. The first kappa shape index (κ1) is 14.5. The number of aromatic nitrogens is 1. The van der Waals surface area contributed by atoms with Crippen LogP contribution >= 0.6 is 0 Å². The normalized spacial score (nSPS) is 13.9. The Kier molecular flexibility index (Phi) is 4.69. The number of amides is 1. The van der Waals surface area contributed by atoms with Gasteiger partial charge in [0.15, 0.2) is 0 Å². The first-order chi connectivity index (χ1) is 9.61. The maximum Gasteiger partial charge on any atom is 0.269 e. The van der Waals surface area contributed by atoms with E-state index in [-0.39, 0.29) is 11.9 Å². The van der Waals surface area contributed by atoms with Crippen LogP contribution in [0.15, 0.2) is 36.4 Å². The molecule has 2 aromatic rings. The molecule has 1 amide bonds. The molecule has 4 nitrogen and oxygen atoms in total. The van der Waals surface area contributed by atoms with E-state index in [1.54, 1.807) is 6.07 Å². The number of pyridine rings is 1. The van der Waals surface area contributed by atoms with E-state index in [0.29, 0.717) is 18.2 Å². The first-order valence-electron chi connectivity index (χ1n) is 7.01. The second kappa shape index (κ2) is 6.48. The van der Waals surface area contributed by atoms with Crippen LogP contribution in [-0.4, -0.2) is 23.5 Å². The molecule has 20 heavy (non-hydrogen) atoms.